The van der Waals surface area contributed by atoms with E-state index in [4.69, 9.17) is 4.74 Å². The van der Waals surface area contributed by atoms with Crippen molar-refractivity contribution in [3.8, 4) is 0 Å². The van der Waals surface area contributed by atoms with Crippen molar-refractivity contribution in [1.29, 1.82) is 0 Å². The summed E-state index contributed by atoms with van der Waals surface area (Å²) >= 11 is 1.06. The predicted molar refractivity (Wildman–Crippen MR) is 85.3 cm³/mol. The highest BCUT2D eigenvalue weighted by atomic mass is 32.1. The molecule has 0 fully saturated rings. The largest absolute Gasteiger partial charge is 0.383 e. The molecular formula is C15H15F2N3O3S. The molecule has 128 valence electrons. The normalized spacial score (nSPS) is 10.5. The van der Waals surface area contributed by atoms with Crippen molar-refractivity contribution >= 4 is 28.3 Å². The molecule has 9 heteroatoms. The van der Waals surface area contributed by atoms with Gasteiger partial charge in [0.15, 0.2) is 16.8 Å². The number of carbonyl (C=O) groups is 2. The summed E-state index contributed by atoms with van der Waals surface area (Å²) in [7, 11) is 3.15. The number of likely N-dealkylation sites (N-methyl/N-ethyl adjacent to an activating group) is 1. The first-order valence-corrected chi connectivity index (χ1v) is 7.76. The lowest BCUT2D eigenvalue weighted by molar-refractivity contribution is 0.0739. The van der Waals surface area contributed by atoms with Crippen molar-refractivity contribution in [1.82, 2.24) is 9.88 Å². The summed E-state index contributed by atoms with van der Waals surface area (Å²) in [6.07, 6.45) is 0. The standard InChI is InChI=1S/C15H15F2N3O3S/c1-20(5-6-23-2)14(22)12-8-24-15(18-12)19-13(21)9-3-4-10(16)11(17)7-9/h3-4,7-8H,5-6H2,1-2H3,(H,18,19,21). The topological polar surface area (TPSA) is 71.5 Å². The van der Waals surface area contributed by atoms with Crippen LogP contribution in [0.2, 0.25) is 0 Å². The minimum Gasteiger partial charge on any atom is -0.383 e. The van der Waals surface area contributed by atoms with Gasteiger partial charge in [-0.3, -0.25) is 14.9 Å². The van der Waals surface area contributed by atoms with Gasteiger partial charge in [0, 0.05) is 31.6 Å². The summed E-state index contributed by atoms with van der Waals surface area (Å²) in [5.74, 6) is -3.10. The summed E-state index contributed by atoms with van der Waals surface area (Å²) in [5.41, 5.74) is 0.133. The van der Waals surface area contributed by atoms with E-state index >= 15 is 0 Å². The molecule has 6 nitrogen and oxygen atoms in total. The monoisotopic (exact) mass is 355 g/mol. The van der Waals surface area contributed by atoms with Gasteiger partial charge in [-0.15, -0.1) is 11.3 Å². The van der Waals surface area contributed by atoms with Crippen molar-refractivity contribution in [2.45, 2.75) is 0 Å². The number of benzene rings is 1. The lowest BCUT2D eigenvalue weighted by Crippen LogP contribution is -2.30. The molecule has 2 rings (SSSR count). The van der Waals surface area contributed by atoms with Crippen LogP contribution >= 0.6 is 11.3 Å². The van der Waals surface area contributed by atoms with Gasteiger partial charge in [-0.1, -0.05) is 0 Å². The number of methoxy groups -OCH3 is 1. The highest BCUT2D eigenvalue weighted by molar-refractivity contribution is 7.14. The maximum absolute atomic E-state index is 13.2. The summed E-state index contributed by atoms with van der Waals surface area (Å²) in [6, 6.07) is 2.82. The van der Waals surface area contributed by atoms with E-state index in [0.29, 0.717) is 13.2 Å². The number of rotatable bonds is 6. The maximum atomic E-state index is 13.2. The second kappa shape index (κ2) is 7.93. The quantitative estimate of drug-likeness (QED) is 0.864. The second-order valence-corrected chi connectivity index (χ2v) is 5.70. The summed E-state index contributed by atoms with van der Waals surface area (Å²) in [4.78, 5) is 29.6. The third-order valence-electron chi connectivity index (χ3n) is 3.10. The Morgan fingerprint density at radius 3 is 2.75 bits per heavy atom. The molecule has 0 aliphatic heterocycles. The van der Waals surface area contributed by atoms with Crippen molar-refractivity contribution in [3.63, 3.8) is 0 Å². The average Bonchev–Trinajstić information content (AvgIpc) is 3.02. The smallest absolute Gasteiger partial charge is 0.273 e. The molecule has 0 bridgehead atoms. The number of hydrogen-bond donors (Lipinski definition) is 1. The van der Waals surface area contributed by atoms with Crippen LogP contribution in [-0.2, 0) is 4.74 Å². The first-order chi connectivity index (χ1) is 11.4. The van der Waals surface area contributed by atoms with E-state index in [1.807, 2.05) is 0 Å². The van der Waals surface area contributed by atoms with Crippen LogP contribution in [0.5, 0.6) is 0 Å². The zero-order valence-electron chi connectivity index (χ0n) is 13.0. The number of thiazole rings is 1. The molecule has 1 N–H and O–H groups in total. The summed E-state index contributed by atoms with van der Waals surface area (Å²) in [6.45, 7) is 0.801. The zero-order valence-corrected chi connectivity index (χ0v) is 13.8. The zero-order chi connectivity index (χ0) is 17.7. The first kappa shape index (κ1) is 18.0. The average molecular weight is 355 g/mol. The van der Waals surface area contributed by atoms with Gasteiger partial charge in [0.1, 0.15) is 5.69 Å². The Bertz CT molecular complexity index is 751. The highest BCUT2D eigenvalue weighted by Gasteiger charge is 2.17. The second-order valence-electron chi connectivity index (χ2n) is 4.84. The minimum atomic E-state index is -1.11. The number of aromatic nitrogens is 1. The number of carbonyl (C=O) groups excluding carboxylic acids is 2. The van der Waals surface area contributed by atoms with Crippen molar-refractivity contribution in [3.05, 3.63) is 46.5 Å². The third-order valence-corrected chi connectivity index (χ3v) is 3.86. The van der Waals surface area contributed by atoms with E-state index in [1.165, 1.54) is 17.4 Å². The van der Waals surface area contributed by atoms with Gasteiger partial charge >= 0.3 is 0 Å². The van der Waals surface area contributed by atoms with E-state index in [1.54, 1.807) is 7.05 Å². The molecule has 1 heterocycles. The minimum absolute atomic E-state index is 0.0470. The molecule has 0 aliphatic carbocycles. The van der Waals surface area contributed by atoms with Crippen LogP contribution in [0.1, 0.15) is 20.8 Å². The van der Waals surface area contributed by atoms with E-state index in [2.05, 4.69) is 10.3 Å². The number of halogens is 2. The molecule has 2 aromatic rings. The van der Waals surface area contributed by atoms with Gasteiger partial charge < -0.3 is 9.64 Å². The van der Waals surface area contributed by atoms with Crippen LogP contribution in [0.25, 0.3) is 0 Å². The molecule has 24 heavy (non-hydrogen) atoms. The van der Waals surface area contributed by atoms with Gasteiger partial charge in [0.25, 0.3) is 11.8 Å². The van der Waals surface area contributed by atoms with Crippen molar-refractivity contribution in [2.75, 3.05) is 32.6 Å². The molecule has 0 unspecified atom stereocenters. The first-order valence-electron chi connectivity index (χ1n) is 6.88. The molecule has 0 saturated carbocycles. The Balaban J connectivity index is 2.04. The molecule has 2 amide bonds. The Morgan fingerprint density at radius 2 is 2.08 bits per heavy atom. The number of nitrogens with one attached hydrogen (secondary N) is 1. The van der Waals surface area contributed by atoms with Crippen LogP contribution in [0.15, 0.2) is 23.6 Å². The lowest BCUT2D eigenvalue weighted by atomic mass is 10.2. The summed E-state index contributed by atoms with van der Waals surface area (Å²) in [5, 5.41) is 4.14. The van der Waals surface area contributed by atoms with Crippen molar-refractivity contribution < 1.29 is 23.1 Å². The van der Waals surface area contributed by atoms with Crippen LogP contribution in [0.3, 0.4) is 0 Å². The van der Waals surface area contributed by atoms with Gasteiger partial charge in [-0.25, -0.2) is 13.8 Å². The molecule has 0 atom stereocenters. The fourth-order valence-electron chi connectivity index (χ4n) is 1.76. The molecule has 0 saturated heterocycles. The maximum Gasteiger partial charge on any atom is 0.273 e. The number of amides is 2. The lowest BCUT2D eigenvalue weighted by Gasteiger charge is -2.14. The number of hydrogen-bond acceptors (Lipinski definition) is 5. The Kier molecular flexibility index (Phi) is 5.93. The molecule has 0 aliphatic rings. The molecule has 1 aromatic carbocycles. The van der Waals surface area contributed by atoms with Crippen LogP contribution in [0, 0.1) is 11.6 Å². The Labute approximate surface area is 141 Å². The van der Waals surface area contributed by atoms with Crippen molar-refractivity contribution in [2.24, 2.45) is 0 Å². The molecule has 0 radical (unpaired) electrons. The third kappa shape index (κ3) is 4.33. The van der Waals surface area contributed by atoms with E-state index < -0.39 is 17.5 Å². The van der Waals surface area contributed by atoms with E-state index in [0.717, 1.165) is 29.5 Å². The van der Waals surface area contributed by atoms with E-state index in [9.17, 15) is 18.4 Å². The van der Waals surface area contributed by atoms with Gasteiger partial charge in [-0.2, -0.15) is 0 Å². The molecular weight excluding hydrogens is 340 g/mol. The van der Waals surface area contributed by atoms with Crippen LogP contribution in [0.4, 0.5) is 13.9 Å². The van der Waals surface area contributed by atoms with Gasteiger partial charge in [-0.05, 0) is 18.2 Å². The number of ether oxygens (including phenoxy) is 1. The Hall–Kier alpha value is -2.39. The Morgan fingerprint density at radius 1 is 1.33 bits per heavy atom. The highest BCUT2D eigenvalue weighted by Crippen LogP contribution is 2.18. The fourth-order valence-corrected chi connectivity index (χ4v) is 2.44. The number of anilines is 1. The number of nitrogens with zero attached hydrogens (tertiary/aromatic N) is 2. The van der Waals surface area contributed by atoms with Gasteiger partial charge in [0.05, 0.1) is 6.61 Å². The predicted octanol–water partition coefficient (Wildman–Crippen LogP) is 2.39. The van der Waals surface area contributed by atoms with Crippen LogP contribution in [-0.4, -0.2) is 49.0 Å². The summed E-state index contributed by atoms with van der Waals surface area (Å²) < 4.78 is 30.9. The molecule has 0 spiro atoms. The fraction of sp³-hybridized carbons (Fsp3) is 0.267. The van der Waals surface area contributed by atoms with Gasteiger partial charge in [0.2, 0.25) is 0 Å². The SMILES string of the molecule is COCCN(C)C(=O)c1csc(NC(=O)c2ccc(F)c(F)c2)n1. The van der Waals surface area contributed by atoms with E-state index in [-0.39, 0.29) is 22.3 Å². The van der Waals surface area contributed by atoms with Crippen LogP contribution < -0.4 is 5.32 Å². The molecule has 1 aromatic heterocycles.